The second-order valence-electron chi connectivity index (χ2n) is 7.72. The first kappa shape index (κ1) is 20.8. The first-order chi connectivity index (χ1) is 16.1. The van der Waals surface area contributed by atoms with Gasteiger partial charge in [0, 0.05) is 5.69 Å². The third kappa shape index (κ3) is 4.08. The van der Waals surface area contributed by atoms with E-state index in [1.165, 1.54) is 11.3 Å². The Morgan fingerprint density at radius 2 is 1.55 bits per heavy atom. The predicted octanol–water partition coefficient (Wildman–Crippen LogP) is 3.87. The molecule has 1 aliphatic heterocycles. The predicted molar refractivity (Wildman–Crippen MR) is 132 cm³/mol. The number of amides is 1. The fourth-order valence-electron chi connectivity index (χ4n) is 3.98. The van der Waals surface area contributed by atoms with Crippen LogP contribution in [-0.4, -0.2) is 10.5 Å². The van der Waals surface area contributed by atoms with Gasteiger partial charge in [-0.25, -0.2) is 4.99 Å². The molecule has 0 radical (unpaired) electrons. The van der Waals surface area contributed by atoms with E-state index >= 15 is 0 Å². The lowest BCUT2D eigenvalue weighted by molar-refractivity contribution is -0.113. The Hall–Kier alpha value is -4.03. The molecule has 0 saturated carbocycles. The molecule has 6 heteroatoms. The van der Waals surface area contributed by atoms with Gasteiger partial charge in [-0.1, -0.05) is 90.2 Å². The van der Waals surface area contributed by atoms with Gasteiger partial charge in [-0.3, -0.25) is 14.2 Å². The lowest BCUT2D eigenvalue weighted by Crippen LogP contribution is -2.40. The molecule has 0 spiro atoms. The third-order valence-corrected chi connectivity index (χ3v) is 6.49. The summed E-state index contributed by atoms with van der Waals surface area (Å²) in [6, 6.07) is 28.1. The first-order valence-electron chi connectivity index (χ1n) is 10.6. The fourth-order valence-corrected chi connectivity index (χ4v) is 5.03. The summed E-state index contributed by atoms with van der Waals surface area (Å²) in [5.41, 5.74) is 3.40. The van der Waals surface area contributed by atoms with Crippen LogP contribution in [0.4, 0.5) is 5.69 Å². The lowest BCUT2D eigenvalue weighted by atomic mass is 9.95. The summed E-state index contributed by atoms with van der Waals surface area (Å²) < 4.78 is 2.22. The summed E-state index contributed by atoms with van der Waals surface area (Å²) in [6.07, 6.45) is 1.87. The maximum atomic E-state index is 13.6. The molecule has 0 aliphatic carbocycles. The minimum atomic E-state index is -0.566. The second kappa shape index (κ2) is 8.84. The SMILES string of the molecule is CC1=C(C(=O)Nc2ccccc2)[C@@H](c2ccccc2)n2c(s/c(=C/c3ccccc3)c2=O)=N1. The fraction of sp³-hybridized carbons (Fsp3) is 0.0741. The normalized spacial score (nSPS) is 15.7. The highest BCUT2D eigenvalue weighted by Crippen LogP contribution is 2.30. The topological polar surface area (TPSA) is 63.5 Å². The van der Waals surface area contributed by atoms with Crippen molar-refractivity contribution in [1.29, 1.82) is 0 Å². The highest BCUT2D eigenvalue weighted by Gasteiger charge is 2.32. The van der Waals surface area contributed by atoms with E-state index < -0.39 is 6.04 Å². The van der Waals surface area contributed by atoms with E-state index in [9.17, 15) is 9.59 Å². The number of hydrogen-bond acceptors (Lipinski definition) is 4. The van der Waals surface area contributed by atoms with E-state index in [1.54, 1.807) is 4.57 Å². The monoisotopic (exact) mass is 451 g/mol. The molecule has 1 atom stereocenters. The van der Waals surface area contributed by atoms with Crippen molar-refractivity contribution in [3.8, 4) is 0 Å². The molecule has 0 saturated heterocycles. The molecule has 0 unspecified atom stereocenters. The molecule has 1 amide bonds. The minimum Gasteiger partial charge on any atom is -0.322 e. The average molecular weight is 452 g/mol. The second-order valence-corrected chi connectivity index (χ2v) is 8.73. The number of aromatic nitrogens is 1. The molecule has 1 aliphatic rings. The molecule has 4 aromatic rings. The van der Waals surface area contributed by atoms with Crippen LogP contribution in [0, 0.1) is 0 Å². The van der Waals surface area contributed by atoms with Gasteiger partial charge in [-0.2, -0.15) is 0 Å². The van der Waals surface area contributed by atoms with E-state index in [0.717, 1.165) is 11.1 Å². The van der Waals surface area contributed by atoms with E-state index in [1.807, 2.05) is 104 Å². The molecule has 0 fully saturated rings. The van der Waals surface area contributed by atoms with Crippen LogP contribution >= 0.6 is 11.3 Å². The zero-order chi connectivity index (χ0) is 22.8. The number of para-hydroxylation sites is 1. The Morgan fingerprint density at radius 3 is 2.21 bits per heavy atom. The molecular weight excluding hydrogens is 430 g/mol. The van der Waals surface area contributed by atoms with Crippen LogP contribution < -0.4 is 20.2 Å². The van der Waals surface area contributed by atoms with Crippen molar-refractivity contribution in [2.24, 2.45) is 4.99 Å². The Labute approximate surface area is 194 Å². The molecule has 162 valence electrons. The lowest BCUT2D eigenvalue weighted by Gasteiger charge is -2.25. The number of nitrogens with one attached hydrogen (secondary N) is 1. The molecule has 3 aromatic carbocycles. The van der Waals surface area contributed by atoms with E-state index in [2.05, 4.69) is 10.3 Å². The molecule has 0 bridgehead atoms. The van der Waals surface area contributed by atoms with E-state index in [0.29, 0.717) is 26.3 Å². The van der Waals surface area contributed by atoms with Gasteiger partial charge in [-0.15, -0.1) is 0 Å². The first-order valence-corrected chi connectivity index (χ1v) is 11.4. The number of benzene rings is 3. The number of hydrogen-bond donors (Lipinski definition) is 1. The molecular formula is C27H21N3O2S. The number of rotatable bonds is 4. The molecule has 1 aromatic heterocycles. The van der Waals surface area contributed by atoms with Crippen LogP contribution in [0.3, 0.4) is 0 Å². The Balaban J connectivity index is 1.67. The van der Waals surface area contributed by atoms with Crippen LogP contribution in [0.1, 0.15) is 24.1 Å². The molecule has 1 N–H and O–H groups in total. The highest BCUT2D eigenvalue weighted by molar-refractivity contribution is 7.07. The maximum Gasteiger partial charge on any atom is 0.271 e. The number of fused-ring (bicyclic) bond motifs is 1. The zero-order valence-corrected chi connectivity index (χ0v) is 18.8. The summed E-state index contributed by atoms with van der Waals surface area (Å²) in [5, 5.41) is 2.96. The molecule has 2 heterocycles. The van der Waals surface area contributed by atoms with Gasteiger partial charge in [0.25, 0.3) is 11.5 Å². The van der Waals surface area contributed by atoms with Crippen molar-refractivity contribution >= 4 is 29.0 Å². The summed E-state index contributed by atoms with van der Waals surface area (Å²) >= 11 is 1.34. The number of carbonyl (C=O) groups excluding carboxylic acids is 1. The van der Waals surface area contributed by atoms with Gasteiger partial charge in [0.1, 0.15) is 0 Å². The molecule has 5 rings (SSSR count). The standard InChI is InChI=1S/C27H21N3O2S/c1-18-23(25(31)29-21-15-9-4-10-16-21)24(20-13-7-3-8-14-20)30-26(32)22(33-27(30)28-18)17-19-11-5-2-6-12-19/h2-17,24H,1H3,(H,29,31)/b22-17+/t24-/m1/s1. The highest BCUT2D eigenvalue weighted by atomic mass is 32.1. The van der Waals surface area contributed by atoms with Gasteiger partial charge < -0.3 is 5.32 Å². The summed E-state index contributed by atoms with van der Waals surface area (Å²) in [5.74, 6) is -0.270. The van der Waals surface area contributed by atoms with Gasteiger partial charge >= 0.3 is 0 Å². The largest absolute Gasteiger partial charge is 0.322 e. The van der Waals surface area contributed by atoms with Crippen molar-refractivity contribution < 1.29 is 4.79 Å². The van der Waals surface area contributed by atoms with Crippen molar-refractivity contribution in [3.05, 3.63) is 133 Å². The Kier molecular flexibility index (Phi) is 5.59. The number of anilines is 1. The Morgan fingerprint density at radius 1 is 0.939 bits per heavy atom. The smallest absolute Gasteiger partial charge is 0.271 e. The number of thiazole rings is 1. The quantitative estimate of drug-likeness (QED) is 0.512. The van der Waals surface area contributed by atoms with Gasteiger partial charge in [0.15, 0.2) is 4.80 Å². The van der Waals surface area contributed by atoms with Crippen molar-refractivity contribution in [1.82, 2.24) is 4.57 Å². The maximum absolute atomic E-state index is 13.6. The summed E-state index contributed by atoms with van der Waals surface area (Å²) in [6.45, 7) is 1.82. The molecule has 33 heavy (non-hydrogen) atoms. The summed E-state index contributed by atoms with van der Waals surface area (Å²) in [4.78, 5) is 32.3. The van der Waals surface area contributed by atoms with Crippen molar-refractivity contribution in [3.63, 3.8) is 0 Å². The van der Waals surface area contributed by atoms with Gasteiger partial charge in [-0.05, 0) is 36.3 Å². The van der Waals surface area contributed by atoms with Gasteiger partial charge in [0.2, 0.25) is 0 Å². The van der Waals surface area contributed by atoms with Crippen LogP contribution in [0.15, 0.2) is 112 Å². The molecule has 5 nitrogen and oxygen atoms in total. The minimum absolute atomic E-state index is 0.158. The van der Waals surface area contributed by atoms with Crippen LogP contribution in [0.2, 0.25) is 0 Å². The van der Waals surface area contributed by atoms with E-state index in [4.69, 9.17) is 0 Å². The average Bonchev–Trinajstić information content (AvgIpc) is 3.14. The third-order valence-electron chi connectivity index (χ3n) is 5.51. The van der Waals surface area contributed by atoms with Crippen molar-refractivity contribution in [2.75, 3.05) is 5.32 Å². The number of nitrogens with zero attached hydrogens (tertiary/aromatic N) is 2. The van der Waals surface area contributed by atoms with Crippen molar-refractivity contribution in [2.45, 2.75) is 13.0 Å². The number of allylic oxidation sites excluding steroid dienone is 1. The van der Waals surface area contributed by atoms with Crippen LogP contribution in [-0.2, 0) is 4.79 Å². The summed E-state index contributed by atoms with van der Waals surface area (Å²) in [7, 11) is 0. The zero-order valence-electron chi connectivity index (χ0n) is 17.9. The number of carbonyl (C=O) groups is 1. The van der Waals surface area contributed by atoms with E-state index in [-0.39, 0.29) is 11.5 Å². The van der Waals surface area contributed by atoms with Gasteiger partial charge in [0.05, 0.1) is 21.8 Å². The van der Waals surface area contributed by atoms with Crippen LogP contribution in [0.5, 0.6) is 0 Å². The van der Waals surface area contributed by atoms with Crippen LogP contribution in [0.25, 0.3) is 6.08 Å². The Bertz CT molecular complexity index is 1520.